The number of benzene rings is 3. The lowest BCUT2D eigenvalue weighted by molar-refractivity contribution is 0.0936. The van der Waals surface area contributed by atoms with Crippen LogP contribution >= 0.6 is 0 Å². The number of fused-ring (bicyclic) bond motifs is 1. The van der Waals surface area contributed by atoms with Gasteiger partial charge in [0, 0.05) is 27.4 Å². The van der Waals surface area contributed by atoms with Gasteiger partial charge < -0.3 is 15.3 Å². The molecule has 1 aliphatic rings. The minimum Gasteiger partial charge on any atom is -0.507 e. The van der Waals surface area contributed by atoms with Crippen LogP contribution in [0.1, 0.15) is 25.2 Å². The lowest BCUT2D eigenvalue weighted by Crippen LogP contribution is -2.37. The van der Waals surface area contributed by atoms with Crippen molar-refractivity contribution in [3.8, 4) is 17.1 Å². The molecule has 6 nitrogen and oxygen atoms in total. The molecule has 1 aromatic heterocycles. The number of nitrogens with one attached hydrogen (secondary N) is 1. The summed E-state index contributed by atoms with van der Waals surface area (Å²) in [6, 6.07) is 18.8. The number of aromatic hydroxyl groups is 1. The number of amides is 1. The Kier molecular flexibility index (Phi) is 5.38. The number of rotatable bonds is 4. The Morgan fingerprint density at radius 3 is 2.73 bits per heavy atom. The molecule has 5 rings (SSSR count). The number of phenols is 1. The van der Waals surface area contributed by atoms with Crippen LogP contribution in [-0.4, -0.2) is 40.1 Å². The molecule has 7 heteroatoms. The standard InChI is InChI=1S/C26H23FN4O2.2H2/c1-16-10-11-19-22(14-16)29-24(20-7-3-5-9-23(20)32)30-25(19)31-13-12-17(15-31)28-26(33)18-6-2-4-8-21(18)27;;/h2-11,14,17,32H,12-13,15H2,1H3,(H,28,33);2*1H/t17-;;/m1../s1. The minimum atomic E-state index is -0.533. The summed E-state index contributed by atoms with van der Waals surface area (Å²) >= 11 is 0. The highest BCUT2D eigenvalue weighted by atomic mass is 19.1. The van der Waals surface area contributed by atoms with Crippen molar-refractivity contribution < 1.29 is 17.1 Å². The van der Waals surface area contributed by atoms with Crippen molar-refractivity contribution in [1.29, 1.82) is 0 Å². The Morgan fingerprint density at radius 1 is 1.12 bits per heavy atom. The number of hydrogen-bond donors (Lipinski definition) is 2. The fraction of sp³-hybridized carbons (Fsp3) is 0.192. The molecule has 0 spiro atoms. The van der Waals surface area contributed by atoms with E-state index in [1.165, 1.54) is 12.1 Å². The van der Waals surface area contributed by atoms with Gasteiger partial charge in [0.1, 0.15) is 17.4 Å². The van der Waals surface area contributed by atoms with E-state index in [9.17, 15) is 14.3 Å². The van der Waals surface area contributed by atoms with Gasteiger partial charge in [0.2, 0.25) is 0 Å². The first-order chi connectivity index (χ1) is 16.0. The van der Waals surface area contributed by atoms with E-state index in [1.54, 1.807) is 30.3 Å². The smallest absolute Gasteiger partial charge is 0.254 e. The van der Waals surface area contributed by atoms with E-state index in [0.29, 0.717) is 30.9 Å². The molecular weight excluding hydrogens is 419 g/mol. The van der Waals surface area contributed by atoms with Crippen LogP contribution < -0.4 is 10.2 Å². The van der Waals surface area contributed by atoms with Gasteiger partial charge in [-0.1, -0.05) is 30.3 Å². The Bertz CT molecular complexity index is 1370. The highest BCUT2D eigenvalue weighted by Crippen LogP contribution is 2.33. The molecule has 2 N–H and O–H groups in total. The molecule has 1 amide bonds. The third kappa shape index (κ3) is 4.09. The first-order valence-electron chi connectivity index (χ1n) is 10.9. The average molecular weight is 447 g/mol. The van der Waals surface area contributed by atoms with Crippen molar-refractivity contribution in [2.75, 3.05) is 18.0 Å². The van der Waals surface area contributed by atoms with Gasteiger partial charge in [-0.15, -0.1) is 0 Å². The van der Waals surface area contributed by atoms with E-state index < -0.39 is 11.7 Å². The van der Waals surface area contributed by atoms with Crippen molar-refractivity contribution in [3.05, 3.63) is 83.7 Å². The first kappa shape index (κ1) is 20.9. The molecule has 2 heterocycles. The van der Waals surface area contributed by atoms with Crippen LogP contribution in [-0.2, 0) is 0 Å². The van der Waals surface area contributed by atoms with Gasteiger partial charge in [0.25, 0.3) is 5.91 Å². The Hall–Kier alpha value is -4.00. The number of hydrogen-bond acceptors (Lipinski definition) is 5. The highest BCUT2D eigenvalue weighted by Gasteiger charge is 2.28. The molecular formula is C26H27FN4O2. The first-order valence-corrected chi connectivity index (χ1v) is 10.9. The van der Waals surface area contributed by atoms with Crippen molar-refractivity contribution in [2.24, 2.45) is 0 Å². The van der Waals surface area contributed by atoms with Crippen molar-refractivity contribution in [2.45, 2.75) is 19.4 Å². The second-order valence-corrected chi connectivity index (χ2v) is 8.29. The quantitative estimate of drug-likeness (QED) is 0.464. The number of aromatic nitrogens is 2. The predicted molar refractivity (Wildman–Crippen MR) is 130 cm³/mol. The van der Waals surface area contributed by atoms with Crippen LogP contribution in [0.15, 0.2) is 66.7 Å². The summed E-state index contributed by atoms with van der Waals surface area (Å²) in [5.41, 5.74) is 2.47. The van der Waals surface area contributed by atoms with Crippen LogP contribution in [0.3, 0.4) is 0 Å². The zero-order valence-electron chi connectivity index (χ0n) is 18.1. The number of aryl methyl sites for hydroxylation is 1. The zero-order chi connectivity index (χ0) is 22.9. The van der Waals surface area contributed by atoms with Crippen LogP contribution in [0.2, 0.25) is 0 Å². The number of carbonyl (C=O) groups excluding carboxylic acids is 1. The highest BCUT2D eigenvalue weighted by molar-refractivity contribution is 5.95. The molecule has 0 bridgehead atoms. The van der Waals surface area contributed by atoms with Gasteiger partial charge in [-0.25, -0.2) is 14.4 Å². The number of nitrogens with zero attached hydrogens (tertiary/aromatic N) is 3. The number of anilines is 1. The number of carbonyl (C=O) groups is 1. The largest absolute Gasteiger partial charge is 0.507 e. The molecule has 1 atom stereocenters. The summed E-state index contributed by atoms with van der Waals surface area (Å²) in [7, 11) is 0. The van der Waals surface area contributed by atoms with Crippen LogP contribution in [0.25, 0.3) is 22.3 Å². The normalized spacial score (nSPS) is 15.7. The van der Waals surface area contributed by atoms with Crippen LogP contribution in [0, 0.1) is 12.7 Å². The number of halogens is 1. The van der Waals surface area contributed by atoms with Gasteiger partial charge >= 0.3 is 0 Å². The minimum absolute atomic E-state index is 0. The molecule has 0 radical (unpaired) electrons. The van der Waals surface area contributed by atoms with Crippen LogP contribution in [0.4, 0.5) is 10.2 Å². The van der Waals surface area contributed by atoms with Gasteiger partial charge in [-0.2, -0.15) is 0 Å². The number of para-hydroxylation sites is 1. The van der Waals surface area contributed by atoms with Gasteiger partial charge in [0.15, 0.2) is 5.82 Å². The maximum atomic E-state index is 14.0. The molecule has 0 unspecified atom stereocenters. The summed E-state index contributed by atoms with van der Waals surface area (Å²) in [4.78, 5) is 24.2. The van der Waals surface area contributed by atoms with Crippen molar-refractivity contribution >= 4 is 22.6 Å². The second-order valence-electron chi connectivity index (χ2n) is 8.29. The average Bonchev–Trinajstić information content (AvgIpc) is 3.27. The Balaban J connectivity index is 0.00000171. The SMILES string of the molecule is Cc1ccc2c(N3CC[C@@H](NC(=O)c4ccccc4F)C3)nc(-c3ccccc3O)nc2c1.[HH].[HH]. The van der Waals surface area contributed by atoms with E-state index >= 15 is 0 Å². The summed E-state index contributed by atoms with van der Waals surface area (Å²) in [5.74, 6) is 0.361. The summed E-state index contributed by atoms with van der Waals surface area (Å²) in [5, 5.41) is 14.2. The van der Waals surface area contributed by atoms with E-state index in [4.69, 9.17) is 9.97 Å². The van der Waals surface area contributed by atoms with E-state index in [-0.39, 0.29) is 20.2 Å². The third-order valence-electron chi connectivity index (χ3n) is 5.92. The molecule has 0 aliphatic carbocycles. The predicted octanol–water partition coefficient (Wildman–Crippen LogP) is 4.95. The lowest BCUT2D eigenvalue weighted by atomic mass is 10.1. The topological polar surface area (TPSA) is 78.4 Å². The molecule has 4 aromatic rings. The monoisotopic (exact) mass is 446 g/mol. The molecule has 1 saturated heterocycles. The van der Waals surface area contributed by atoms with E-state index in [2.05, 4.69) is 10.2 Å². The number of phenolic OH excluding ortho intramolecular Hbond substituents is 1. The van der Waals surface area contributed by atoms with E-state index in [0.717, 1.165) is 22.3 Å². The maximum absolute atomic E-state index is 14.0. The Labute approximate surface area is 193 Å². The summed E-state index contributed by atoms with van der Waals surface area (Å²) in [6.07, 6.45) is 0.712. The van der Waals surface area contributed by atoms with E-state index in [1.807, 2.05) is 31.2 Å². The van der Waals surface area contributed by atoms with Crippen LogP contribution in [0.5, 0.6) is 5.75 Å². The maximum Gasteiger partial charge on any atom is 0.254 e. The van der Waals surface area contributed by atoms with Gasteiger partial charge in [-0.05, 0) is 55.3 Å². The van der Waals surface area contributed by atoms with Gasteiger partial charge in [0.05, 0.1) is 16.6 Å². The second kappa shape index (κ2) is 8.50. The molecule has 170 valence electrons. The molecule has 33 heavy (non-hydrogen) atoms. The fourth-order valence-corrected chi connectivity index (χ4v) is 4.23. The molecule has 3 aromatic carbocycles. The summed E-state index contributed by atoms with van der Waals surface area (Å²) < 4.78 is 14.0. The summed E-state index contributed by atoms with van der Waals surface area (Å²) in [6.45, 7) is 3.23. The Morgan fingerprint density at radius 2 is 1.91 bits per heavy atom. The molecule has 1 aliphatic heterocycles. The molecule has 0 saturated carbocycles. The lowest BCUT2D eigenvalue weighted by Gasteiger charge is -2.21. The fourth-order valence-electron chi connectivity index (χ4n) is 4.23. The third-order valence-corrected chi connectivity index (χ3v) is 5.92. The molecule has 1 fully saturated rings. The zero-order valence-corrected chi connectivity index (χ0v) is 18.1. The van der Waals surface area contributed by atoms with Crippen molar-refractivity contribution in [3.63, 3.8) is 0 Å². The van der Waals surface area contributed by atoms with Crippen molar-refractivity contribution in [1.82, 2.24) is 15.3 Å². The van der Waals surface area contributed by atoms with Gasteiger partial charge in [-0.3, -0.25) is 4.79 Å².